The van der Waals surface area contributed by atoms with E-state index in [0.717, 1.165) is 17.2 Å². The third-order valence-electron chi connectivity index (χ3n) is 6.93. The molecule has 5 N–H and O–H groups in total. The number of aromatic nitrogens is 2. The second kappa shape index (κ2) is 12.4. The number of azo groups is 2. The predicted molar refractivity (Wildman–Crippen MR) is 170 cm³/mol. The first kappa shape index (κ1) is 31.8. The second-order valence-corrected chi connectivity index (χ2v) is 11.5. The molecule has 0 aliphatic carbocycles. The molecule has 0 bridgehead atoms. The van der Waals surface area contributed by atoms with Crippen LogP contribution in [0.4, 0.5) is 22.7 Å². The number of rotatable bonds is 6. The summed E-state index contributed by atoms with van der Waals surface area (Å²) in [6, 6.07) is 20.9. The van der Waals surface area contributed by atoms with Crippen LogP contribution in [-0.4, -0.2) is 67.8 Å². The Morgan fingerprint density at radius 3 is 2.31 bits per heavy atom. The Kier molecular flexibility index (Phi) is 8.74. The second-order valence-electron chi connectivity index (χ2n) is 10.1. The normalized spacial score (nSPS) is 12.0. The number of aryl methyl sites for hydroxylation is 2. The summed E-state index contributed by atoms with van der Waals surface area (Å²) in [5.74, 6) is -0.383. The van der Waals surface area contributed by atoms with E-state index in [2.05, 4.69) is 30.4 Å². The van der Waals surface area contributed by atoms with Gasteiger partial charge in [0.25, 0.3) is 10.1 Å². The fourth-order valence-corrected chi connectivity index (χ4v) is 5.33. The standard InChI is InChI=1S/C31H24N6O6S.Na/c1-16-6-7-17(2)25(12-16)36-37-29-27(44(41,42)43)15-22-21(30(29)40)9-11-24-28(22)33-31(32-24)18-4-3-5-19(13-18)34-35-23-10-8-20(38)14-26(23)39;/h3-15,38-40H,1-2H3,(H,32,33)(H,41,42,43);. The van der Waals surface area contributed by atoms with Gasteiger partial charge in [0.15, 0.2) is 5.75 Å². The van der Waals surface area contributed by atoms with Gasteiger partial charge in [0, 0.05) is 52.0 Å². The van der Waals surface area contributed by atoms with Gasteiger partial charge < -0.3 is 20.3 Å². The van der Waals surface area contributed by atoms with Crippen molar-refractivity contribution in [1.29, 1.82) is 0 Å². The molecule has 45 heavy (non-hydrogen) atoms. The number of fused-ring (bicyclic) bond motifs is 3. The quantitative estimate of drug-likeness (QED) is 0.0702. The smallest absolute Gasteiger partial charge is 0.296 e. The van der Waals surface area contributed by atoms with Crippen molar-refractivity contribution in [3.05, 3.63) is 90.0 Å². The number of imidazole rings is 1. The van der Waals surface area contributed by atoms with Crippen molar-refractivity contribution in [1.82, 2.24) is 9.97 Å². The molecule has 0 aliphatic rings. The number of hydrogen-bond donors (Lipinski definition) is 5. The van der Waals surface area contributed by atoms with E-state index in [-0.39, 0.29) is 57.5 Å². The summed E-state index contributed by atoms with van der Waals surface area (Å²) < 4.78 is 35.0. The molecule has 14 heteroatoms. The summed E-state index contributed by atoms with van der Waals surface area (Å²) in [5, 5.41) is 47.5. The van der Waals surface area contributed by atoms with Crippen molar-refractivity contribution in [2.45, 2.75) is 18.7 Å². The molecule has 1 heterocycles. The van der Waals surface area contributed by atoms with Crippen LogP contribution in [0.3, 0.4) is 0 Å². The molecule has 12 nitrogen and oxygen atoms in total. The van der Waals surface area contributed by atoms with E-state index in [9.17, 15) is 28.3 Å². The maximum absolute atomic E-state index is 12.5. The van der Waals surface area contributed by atoms with Gasteiger partial charge in [-0.25, -0.2) is 4.98 Å². The van der Waals surface area contributed by atoms with E-state index in [1.807, 2.05) is 26.0 Å². The van der Waals surface area contributed by atoms with Gasteiger partial charge in [-0.05, 0) is 73.5 Å². The number of nitrogens with zero attached hydrogens (tertiary/aromatic N) is 5. The van der Waals surface area contributed by atoms with E-state index >= 15 is 0 Å². The zero-order valence-electron chi connectivity index (χ0n) is 24.3. The molecule has 0 amide bonds. The number of hydrogen-bond acceptors (Lipinski definition) is 10. The molecule has 6 aromatic rings. The summed E-state index contributed by atoms with van der Waals surface area (Å²) in [4.78, 5) is 7.23. The van der Waals surface area contributed by atoms with Crippen molar-refractivity contribution >= 4 is 84.2 Å². The molecule has 0 aliphatic heterocycles. The first-order valence-electron chi connectivity index (χ1n) is 13.2. The van der Waals surface area contributed by atoms with Gasteiger partial charge in [-0.15, -0.1) is 10.2 Å². The minimum absolute atomic E-state index is 0. The molecule has 6 rings (SSSR count). The van der Waals surface area contributed by atoms with Crippen molar-refractivity contribution in [2.24, 2.45) is 20.5 Å². The van der Waals surface area contributed by atoms with E-state index in [1.54, 1.807) is 42.5 Å². The summed E-state index contributed by atoms with van der Waals surface area (Å²) in [5.41, 5.74) is 3.94. The van der Waals surface area contributed by atoms with Gasteiger partial charge in [-0.3, -0.25) is 4.55 Å². The molecule has 0 unspecified atom stereocenters. The Balaban J connectivity index is 0.00000400. The Hall–Kier alpha value is -4.66. The Morgan fingerprint density at radius 1 is 0.778 bits per heavy atom. The number of phenols is 3. The number of aromatic hydroxyl groups is 3. The first-order valence-corrected chi connectivity index (χ1v) is 14.6. The van der Waals surface area contributed by atoms with Crippen molar-refractivity contribution in [3.63, 3.8) is 0 Å². The van der Waals surface area contributed by atoms with E-state index < -0.39 is 26.5 Å². The molecular formula is C31H24N6NaO6S. The van der Waals surface area contributed by atoms with Crippen LogP contribution >= 0.6 is 0 Å². The Morgan fingerprint density at radius 2 is 1.56 bits per heavy atom. The van der Waals surface area contributed by atoms with Crippen LogP contribution in [0.5, 0.6) is 17.2 Å². The number of nitrogens with one attached hydrogen (secondary N) is 1. The molecule has 0 saturated heterocycles. The monoisotopic (exact) mass is 631 g/mol. The molecule has 0 atom stereocenters. The van der Waals surface area contributed by atoms with Crippen molar-refractivity contribution in [3.8, 4) is 28.6 Å². The average Bonchev–Trinajstić information content (AvgIpc) is 3.42. The van der Waals surface area contributed by atoms with Crippen LogP contribution in [-0.2, 0) is 10.1 Å². The largest absolute Gasteiger partial charge is 0.508 e. The van der Waals surface area contributed by atoms with Gasteiger partial charge >= 0.3 is 0 Å². The maximum Gasteiger partial charge on any atom is 0.296 e. The fraction of sp³-hybridized carbons (Fsp3) is 0.0645. The van der Waals surface area contributed by atoms with Crippen molar-refractivity contribution < 1.29 is 28.3 Å². The maximum atomic E-state index is 12.5. The van der Waals surface area contributed by atoms with Crippen LogP contribution in [0.15, 0.2) is 104 Å². The molecule has 5 aromatic carbocycles. The minimum atomic E-state index is -4.83. The topological polar surface area (TPSA) is 193 Å². The van der Waals surface area contributed by atoms with Crippen LogP contribution < -0.4 is 0 Å². The Labute approximate surface area is 278 Å². The molecule has 0 fully saturated rings. The van der Waals surface area contributed by atoms with Gasteiger partial charge in [0.05, 0.1) is 22.4 Å². The summed E-state index contributed by atoms with van der Waals surface area (Å²) in [6.45, 7) is 3.70. The van der Waals surface area contributed by atoms with E-state index in [4.69, 9.17) is 0 Å². The number of phenolic OH excluding ortho intramolecular Hbond substituents is 3. The van der Waals surface area contributed by atoms with Crippen LogP contribution in [0.2, 0.25) is 0 Å². The minimum Gasteiger partial charge on any atom is -0.508 e. The third kappa shape index (κ3) is 6.43. The van der Waals surface area contributed by atoms with Crippen molar-refractivity contribution in [2.75, 3.05) is 0 Å². The van der Waals surface area contributed by atoms with Gasteiger partial charge in [0.1, 0.15) is 33.6 Å². The number of aromatic amines is 1. The van der Waals surface area contributed by atoms with Gasteiger partial charge in [-0.2, -0.15) is 18.6 Å². The van der Waals surface area contributed by atoms with Crippen LogP contribution in [0.25, 0.3) is 33.2 Å². The molecular weight excluding hydrogens is 607 g/mol. The summed E-state index contributed by atoms with van der Waals surface area (Å²) in [6.07, 6.45) is 0. The Bertz CT molecular complexity index is 2290. The van der Waals surface area contributed by atoms with Crippen LogP contribution in [0.1, 0.15) is 11.1 Å². The van der Waals surface area contributed by atoms with Crippen LogP contribution in [0, 0.1) is 13.8 Å². The molecule has 221 valence electrons. The SMILES string of the molecule is Cc1ccc(C)c(N=Nc2c(S(=O)(=O)O)cc3c(ccc4[nH]c(-c5cccc(N=Nc6ccc(O)cc6O)c5)nc43)c2O)c1.[Na]. The first-order chi connectivity index (χ1) is 21.0. The van der Waals surface area contributed by atoms with Gasteiger partial charge in [0.2, 0.25) is 0 Å². The predicted octanol–water partition coefficient (Wildman–Crippen LogP) is 7.81. The van der Waals surface area contributed by atoms with Gasteiger partial charge in [-0.1, -0.05) is 24.3 Å². The molecule has 0 saturated carbocycles. The third-order valence-corrected chi connectivity index (χ3v) is 7.80. The van der Waals surface area contributed by atoms with E-state index in [1.165, 1.54) is 18.2 Å². The average molecular weight is 632 g/mol. The zero-order chi connectivity index (χ0) is 31.2. The summed E-state index contributed by atoms with van der Waals surface area (Å²) >= 11 is 0. The number of benzene rings is 5. The summed E-state index contributed by atoms with van der Waals surface area (Å²) in [7, 11) is -4.83. The fourth-order valence-electron chi connectivity index (χ4n) is 4.68. The zero-order valence-corrected chi connectivity index (χ0v) is 27.1. The molecule has 1 radical (unpaired) electrons. The molecule has 1 aromatic heterocycles. The number of H-pyrrole nitrogens is 1. The molecule has 0 spiro atoms. The van der Waals surface area contributed by atoms with E-state index in [0.29, 0.717) is 33.8 Å².